The molecule has 1 unspecified atom stereocenters. The molecule has 17 heavy (non-hydrogen) atoms. The van der Waals surface area contributed by atoms with Gasteiger partial charge < -0.3 is 5.32 Å². The van der Waals surface area contributed by atoms with Crippen molar-refractivity contribution in [3.05, 3.63) is 29.8 Å². The first-order chi connectivity index (χ1) is 7.93. The SMILES string of the molecule is CCNC(CSc1ccc(C)cc1)C(C)(C)C. The molecule has 0 amide bonds. The summed E-state index contributed by atoms with van der Waals surface area (Å²) in [6, 6.07) is 9.35. The third-order valence-electron chi connectivity index (χ3n) is 2.93. The van der Waals surface area contributed by atoms with Gasteiger partial charge in [-0.15, -0.1) is 11.8 Å². The number of hydrogen-bond acceptors (Lipinski definition) is 2. The molecular formula is C15H25NS. The van der Waals surface area contributed by atoms with Crippen LogP contribution in [0.4, 0.5) is 0 Å². The average Bonchev–Trinajstić information content (AvgIpc) is 2.25. The molecule has 0 aliphatic rings. The van der Waals surface area contributed by atoms with Gasteiger partial charge in [-0.1, -0.05) is 45.4 Å². The quantitative estimate of drug-likeness (QED) is 0.790. The molecule has 1 N–H and O–H groups in total. The van der Waals surface area contributed by atoms with E-state index in [1.165, 1.54) is 10.5 Å². The largest absolute Gasteiger partial charge is 0.313 e. The molecule has 96 valence electrons. The summed E-state index contributed by atoms with van der Waals surface area (Å²) in [6.45, 7) is 12.2. The van der Waals surface area contributed by atoms with Crippen LogP contribution in [0.5, 0.6) is 0 Å². The van der Waals surface area contributed by atoms with Gasteiger partial charge in [0.15, 0.2) is 0 Å². The summed E-state index contributed by atoms with van der Waals surface area (Å²) in [5.74, 6) is 1.13. The molecule has 0 saturated carbocycles. The van der Waals surface area contributed by atoms with Crippen LogP contribution in [0.1, 0.15) is 33.3 Å². The van der Waals surface area contributed by atoms with E-state index in [4.69, 9.17) is 0 Å². The first-order valence-electron chi connectivity index (χ1n) is 6.36. The molecule has 0 aliphatic heterocycles. The minimum absolute atomic E-state index is 0.313. The van der Waals surface area contributed by atoms with Gasteiger partial charge in [-0.2, -0.15) is 0 Å². The molecule has 0 fully saturated rings. The second kappa shape index (κ2) is 6.46. The number of benzene rings is 1. The summed E-state index contributed by atoms with van der Waals surface area (Å²) in [5.41, 5.74) is 1.64. The van der Waals surface area contributed by atoms with Gasteiger partial charge in [0.05, 0.1) is 0 Å². The smallest absolute Gasteiger partial charge is 0.0210 e. The summed E-state index contributed by atoms with van der Waals surface area (Å²) in [7, 11) is 0. The minimum Gasteiger partial charge on any atom is -0.313 e. The van der Waals surface area contributed by atoms with E-state index in [1.54, 1.807) is 0 Å². The van der Waals surface area contributed by atoms with E-state index in [9.17, 15) is 0 Å². The normalized spacial score (nSPS) is 13.7. The fourth-order valence-electron chi connectivity index (χ4n) is 1.68. The summed E-state index contributed by atoms with van der Waals surface area (Å²) >= 11 is 1.94. The van der Waals surface area contributed by atoms with Gasteiger partial charge >= 0.3 is 0 Å². The Morgan fingerprint density at radius 2 is 1.76 bits per heavy atom. The molecule has 0 spiro atoms. The maximum Gasteiger partial charge on any atom is 0.0210 e. The van der Waals surface area contributed by atoms with Gasteiger partial charge in [-0.25, -0.2) is 0 Å². The van der Waals surface area contributed by atoms with Crippen molar-refractivity contribution in [1.82, 2.24) is 5.32 Å². The molecule has 1 aromatic rings. The van der Waals surface area contributed by atoms with Crippen molar-refractivity contribution in [2.24, 2.45) is 5.41 Å². The molecule has 1 nitrogen and oxygen atoms in total. The number of thioether (sulfide) groups is 1. The molecule has 0 aromatic heterocycles. The Hall–Kier alpha value is -0.470. The topological polar surface area (TPSA) is 12.0 Å². The van der Waals surface area contributed by atoms with Crippen molar-refractivity contribution >= 4 is 11.8 Å². The van der Waals surface area contributed by atoms with Crippen molar-refractivity contribution in [3.63, 3.8) is 0 Å². The van der Waals surface area contributed by atoms with Crippen LogP contribution in [-0.4, -0.2) is 18.3 Å². The van der Waals surface area contributed by atoms with E-state index in [0.29, 0.717) is 11.5 Å². The second-order valence-corrected chi connectivity index (χ2v) is 6.69. The molecular weight excluding hydrogens is 226 g/mol. The lowest BCUT2D eigenvalue weighted by atomic mass is 9.88. The van der Waals surface area contributed by atoms with Crippen LogP contribution < -0.4 is 5.32 Å². The highest BCUT2D eigenvalue weighted by molar-refractivity contribution is 7.99. The Morgan fingerprint density at radius 3 is 2.24 bits per heavy atom. The minimum atomic E-state index is 0.313. The van der Waals surface area contributed by atoms with Crippen LogP contribution in [0, 0.1) is 12.3 Å². The van der Waals surface area contributed by atoms with Crippen LogP contribution in [0.15, 0.2) is 29.2 Å². The monoisotopic (exact) mass is 251 g/mol. The number of aryl methyl sites for hydroxylation is 1. The molecule has 1 aromatic carbocycles. The maximum absolute atomic E-state index is 3.58. The van der Waals surface area contributed by atoms with E-state index in [0.717, 1.165) is 12.3 Å². The van der Waals surface area contributed by atoms with Crippen LogP contribution in [-0.2, 0) is 0 Å². The van der Waals surface area contributed by atoms with Crippen molar-refractivity contribution < 1.29 is 0 Å². The Bertz CT molecular complexity index is 324. The molecule has 1 rings (SSSR count). The fourth-order valence-corrected chi connectivity index (χ4v) is 2.98. The van der Waals surface area contributed by atoms with Crippen LogP contribution in [0.25, 0.3) is 0 Å². The van der Waals surface area contributed by atoms with Crippen LogP contribution >= 0.6 is 11.8 Å². The number of rotatable bonds is 5. The van der Waals surface area contributed by atoms with Gasteiger partial charge in [-0.3, -0.25) is 0 Å². The van der Waals surface area contributed by atoms with Crippen molar-refractivity contribution in [2.45, 2.75) is 45.6 Å². The van der Waals surface area contributed by atoms with Gasteiger partial charge in [0, 0.05) is 16.7 Å². The van der Waals surface area contributed by atoms with Crippen molar-refractivity contribution in [1.29, 1.82) is 0 Å². The predicted octanol–water partition coefficient (Wildman–Crippen LogP) is 4.11. The van der Waals surface area contributed by atoms with Crippen LogP contribution in [0.2, 0.25) is 0 Å². The Morgan fingerprint density at radius 1 is 1.18 bits per heavy atom. The van der Waals surface area contributed by atoms with Gasteiger partial charge in [-0.05, 0) is 31.0 Å². The Labute approximate surface area is 110 Å². The van der Waals surface area contributed by atoms with Crippen molar-refractivity contribution in [2.75, 3.05) is 12.3 Å². The van der Waals surface area contributed by atoms with Crippen molar-refractivity contribution in [3.8, 4) is 0 Å². The lowest BCUT2D eigenvalue weighted by Gasteiger charge is -2.31. The van der Waals surface area contributed by atoms with Gasteiger partial charge in [0.2, 0.25) is 0 Å². The molecule has 0 bridgehead atoms. The molecule has 0 aliphatic carbocycles. The van der Waals surface area contributed by atoms with E-state index >= 15 is 0 Å². The Kier molecular flexibility index (Phi) is 5.54. The van der Waals surface area contributed by atoms with E-state index < -0.39 is 0 Å². The third-order valence-corrected chi connectivity index (χ3v) is 4.04. The fraction of sp³-hybridized carbons (Fsp3) is 0.600. The lowest BCUT2D eigenvalue weighted by molar-refractivity contribution is 0.295. The first-order valence-corrected chi connectivity index (χ1v) is 7.35. The average molecular weight is 251 g/mol. The zero-order valence-corrected chi connectivity index (χ0v) is 12.5. The zero-order valence-electron chi connectivity index (χ0n) is 11.7. The molecule has 1 atom stereocenters. The number of hydrogen-bond donors (Lipinski definition) is 1. The van der Waals surface area contributed by atoms with Gasteiger partial charge in [0.25, 0.3) is 0 Å². The van der Waals surface area contributed by atoms with E-state index in [2.05, 4.69) is 64.2 Å². The second-order valence-electron chi connectivity index (χ2n) is 5.60. The van der Waals surface area contributed by atoms with Crippen LogP contribution in [0.3, 0.4) is 0 Å². The molecule has 0 heterocycles. The highest BCUT2D eigenvalue weighted by Gasteiger charge is 2.23. The molecule has 2 heteroatoms. The third kappa shape index (κ3) is 5.13. The van der Waals surface area contributed by atoms with E-state index in [1.807, 2.05) is 11.8 Å². The highest BCUT2D eigenvalue weighted by atomic mass is 32.2. The Balaban J connectivity index is 2.54. The zero-order chi connectivity index (χ0) is 12.9. The highest BCUT2D eigenvalue weighted by Crippen LogP contribution is 2.26. The predicted molar refractivity (Wildman–Crippen MR) is 78.8 cm³/mol. The van der Waals surface area contributed by atoms with E-state index in [-0.39, 0.29) is 0 Å². The summed E-state index contributed by atoms with van der Waals surface area (Å²) in [6.07, 6.45) is 0. The molecule has 0 radical (unpaired) electrons. The summed E-state index contributed by atoms with van der Waals surface area (Å²) in [4.78, 5) is 1.36. The van der Waals surface area contributed by atoms with Gasteiger partial charge in [0.1, 0.15) is 0 Å². The first kappa shape index (κ1) is 14.6. The summed E-state index contributed by atoms with van der Waals surface area (Å²) < 4.78 is 0. The standard InChI is InChI=1S/C15H25NS/c1-6-16-14(15(3,4)5)11-17-13-9-7-12(2)8-10-13/h7-10,14,16H,6,11H2,1-5H3. The maximum atomic E-state index is 3.58. The lowest BCUT2D eigenvalue weighted by Crippen LogP contribution is -2.42. The number of nitrogens with one attached hydrogen (secondary N) is 1. The molecule has 0 saturated heterocycles. The summed E-state index contributed by atoms with van der Waals surface area (Å²) in [5, 5.41) is 3.58.